The molecule has 0 saturated heterocycles. The number of ether oxygens (including phenoxy) is 1. The quantitative estimate of drug-likeness (QED) is 0.851. The highest BCUT2D eigenvalue weighted by atomic mass is 16.5. The van der Waals surface area contributed by atoms with Crippen molar-refractivity contribution in [1.82, 2.24) is 0 Å². The Morgan fingerprint density at radius 2 is 1.59 bits per heavy atom. The number of benzene rings is 2. The summed E-state index contributed by atoms with van der Waals surface area (Å²) in [6, 6.07) is 17.6. The minimum absolute atomic E-state index is 0.0597. The largest absolute Gasteiger partial charge is 0.463 e. The smallest absolute Gasteiger partial charge is 0.309 e. The number of aliphatic hydroxyl groups is 1. The van der Waals surface area contributed by atoms with Gasteiger partial charge in [-0.2, -0.15) is 0 Å². The first kappa shape index (κ1) is 16.2. The van der Waals surface area contributed by atoms with Crippen LogP contribution in [0.5, 0.6) is 0 Å². The maximum Gasteiger partial charge on any atom is 0.309 e. The van der Waals surface area contributed by atoms with Gasteiger partial charge in [0.05, 0.1) is 18.1 Å². The van der Waals surface area contributed by atoms with Gasteiger partial charge in [0.1, 0.15) is 0 Å². The SMILES string of the molecule is CC(C)OC(=O)CC(C)(O)c1ccc(-c2ccccc2)cc1. The molecule has 2 rings (SSSR count). The molecular formula is C19H22O3. The highest BCUT2D eigenvalue weighted by Gasteiger charge is 2.27. The third-order valence-electron chi connectivity index (χ3n) is 3.47. The van der Waals surface area contributed by atoms with Crippen LogP contribution in [-0.2, 0) is 15.1 Å². The van der Waals surface area contributed by atoms with E-state index in [2.05, 4.69) is 0 Å². The van der Waals surface area contributed by atoms with E-state index >= 15 is 0 Å². The fourth-order valence-electron chi connectivity index (χ4n) is 2.34. The highest BCUT2D eigenvalue weighted by Crippen LogP contribution is 2.28. The van der Waals surface area contributed by atoms with Crippen LogP contribution in [0.1, 0.15) is 32.8 Å². The fraction of sp³-hybridized carbons (Fsp3) is 0.316. The molecule has 0 aliphatic rings. The molecule has 0 spiro atoms. The number of hydrogen-bond acceptors (Lipinski definition) is 3. The van der Waals surface area contributed by atoms with Crippen molar-refractivity contribution in [3.05, 3.63) is 60.2 Å². The molecule has 1 atom stereocenters. The van der Waals surface area contributed by atoms with Crippen LogP contribution in [0.3, 0.4) is 0 Å². The molecule has 0 aliphatic heterocycles. The van der Waals surface area contributed by atoms with E-state index in [0.29, 0.717) is 5.56 Å². The zero-order chi connectivity index (χ0) is 16.2. The van der Waals surface area contributed by atoms with Crippen LogP contribution in [0, 0.1) is 0 Å². The van der Waals surface area contributed by atoms with E-state index in [9.17, 15) is 9.90 Å². The number of carbonyl (C=O) groups excluding carboxylic acids is 1. The first-order valence-electron chi connectivity index (χ1n) is 7.46. The summed E-state index contributed by atoms with van der Waals surface area (Å²) in [4.78, 5) is 11.7. The van der Waals surface area contributed by atoms with Crippen molar-refractivity contribution in [3.63, 3.8) is 0 Å². The second-order valence-electron chi connectivity index (χ2n) is 5.93. The van der Waals surface area contributed by atoms with Gasteiger partial charge in [-0.05, 0) is 37.5 Å². The van der Waals surface area contributed by atoms with Crippen LogP contribution in [0.2, 0.25) is 0 Å². The molecule has 0 fully saturated rings. The fourth-order valence-corrected chi connectivity index (χ4v) is 2.34. The molecule has 2 aromatic rings. The van der Waals surface area contributed by atoms with Gasteiger partial charge in [0, 0.05) is 0 Å². The van der Waals surface area contributed by atoms with E-state index < -0.39 is 11.6 Å². The molecule has 3 heteroatoms. The lowest BCUT2D eigenvalue weighted by atomic mass is 9.91. The van der Waals surface area contributed by atoms with Gasteiger partial charge in [-0.15, -0.1) is 0 Å². The van der Waals surface area contributed by atoms with Gasteiger partial charge >= 0.3 is 5.97 Å². The number of carbonyl (C=O) groups is 1. The van der Waals surface area contributed by atoms with Gasteiger partial charge in [-0.1, -0.05) is 54.6 Å². The third kappa shape index (κ3) is 4.18. The van der Waals surface area contributed by atoms with Crippen molar-refractivity contribution in [2.24, 2.45) is 0 Å². The van der Waals surface area contributed by atoms with Crippen LogP contribution in [-0.4, -0.2) is 17.2 Å². The van der Waals surface area contributed by atoms with Crippen molar-refractivity contribution < 1.29 is 14.6 Å². The monoisotopic (exact) mass is 298 g/mol. The van der Waals surface area contributed by atoms with Gasteiger partial charge in [0.2, 0.25) is 0 Å². The van der Waals surface area contributed by atoms with E-state index in [-0.39, 0.29) is 12.5 Å². The molecule has 0 saturated carbocycles. The first-order valence-corrected chi connectivity index (χ1v) is 7.46. The maximum atomic E-state index is 11.7. The van der Waals surface area contributed by atoms with E-state index in [1.807, 2.05) is 54.6 Å². The predicted octanol–water partition coefficient (Wildman–Crippen LogP) is 3.90. The summed E-state index contributed by atoms with van der Waals surface area (Å²) in [5.41, 5.74) is 1.66. The highest BCUT2D eigenvalue weighted by molar-refractivity contribution is 5.71. The zero-order valence-corrected chi connectivity index (χ0v) is 13.2. The van der Waals surface area contributed by atoms with Crippen LogP contribution in [0.4, 0.5) is 0 Å². The molecule has 22 heavy (non-hydrogen) atoms. The lowest BCUT2D eigenvalue weighted by Gasteiger charge is -2.23. The van der Waals surface area contributed by atoms with Crippen LogP contribution in [0.15, 0.2) is 54.6 Å². The van der Waals surface area contributed by atoms with E-state index in [1.54, 1.807) is 20.8 Å². The maximum absolute atomic E-state index is 11.7. The van der Waals surface area contributed by atoms with Gasteiger partial charge in [0.15, 0.2) is 0 Å². The zero-order valence-electron chi connectivity index (χ0n) is 13.2. The molecule has 2 aromatic carbocycles. The second kappa shape index (κ2) is 6.75. The average Bonchev–Trinajstić information content (AvgIpc) is 2.47. The number of esters is 1. The van der Waals surface area contributed by atoms with Crippen LogP contribution < -0.4 is 0 Å². The summed E-state index contributed by atoms with van der Waals surface area (Å²) in [6.07, 6.45) is -0.237. The van der Waals surface area contributed by atoms with Gasteiger partial charge in [-0.25, -0.2) is 0 Å². The van der Waals surface area contributed by atoms with Crippen LogP contribution in [0.25, 0.3) is 11.1 Å². The topological polar surface area (TPSA) is 46.5 Å². The predicted molar refractivity (Wildman–Crippen MR) is 87.3 cm³/mol. The first-order chi connectivity index (χ1) is 10.4. The minimum atomic E-state index is -1.23. The summed E-state index contributed by atoms with van der Waals surface area (Å²) >= 11 is 0. The summed E-state index contributed by atoms with van der Waals surface area (Å²) in [5, 5.41) is 10.5. The molecule has 1 unspecified atom stereocenters. The van der Waals surface area contributed by atoms with Gasteiger partial charge < -0.3 is 9.84 Å². The van der Waals surface area contributed by atoms with Crippen molar-refractivity contribution in [2.75, 3.05) is 0 Å². The Kier molecular flexibility index (Phi) is 4.99. The molecule has 1 N–H and O–H groups in total. The normalized spacial score (nSPS) is 13.7. The second-order valence-corrected chi connectivity index (χ2v) is 5.93. The van der Waals surface area contributed by atoms with Crippen molar-refractivity contribution in [3.8, 4) is 11.1 Å². The Hall–Kier alpha value is -2.13. The van der Waals surface area contributed by atoms with Crippen molar-refractivity contribution >= 4 is 5.97 Å². The molecular weight excluding hydrogens is 276 g/mol. The minimum Gasteiger partial charge on any atom is -0.463 e. The Bertz CT molecular complexity index is 613. The van der Waals surface area contributed by atoms with Crippen molar-refractivity contribution in [1.29, 1.82) is 0 Å². The number of hydrogen-bond donors (Lipinski definition) is 1. The van der Waals surface area contributed by atoms with E-state index in [4.69, 9.17) is 4.74 Å². The molecule has 0 amide bonds. The molecule has 0 heterocycles. The Morgan fingerprint density at radius 1 is 1.05 bits per heavy atom. The summed E-state index contributed by atoms with van der Waals surface area (Å²) < 4.78 is 5.10. The average molecular weight is 298 g/mol. The summed E-state index contributed by atoms with van der Waals surface area (Å²) in [7, 11) is 0. The molecule has 0 aliphatic carbocycles. The van der Waals surface area contributed by atoms with Crippen molar-refractivity contribution in [2.45, 2.75) is 38.9 Å². The standard InChI is InChI=1S/C19H22O3/c1-14(2)22-18(20)13-19(3,21)17-11-9-16(10-12-17)15-7-5-4-6-8-15/h4-12,14,21H,13H2,1-3H3. The summed E-state index contributed by atoms with van der Waals surface area (Å²) in [6.45, 7) is 5.22. The van der Waals surface area contributed by atoms with E-state index in [1.165, 1.54) is 0 Å². The Balaban J connectivity index is 2.13. The molecule has 3 nitrogen and oxygen atoms in total. The van der Waals surface area contributed by atoms with Gasteiger partial charge in [-0.3, -0.25) is 4.79 Å². The van der Waals surface area contributed by atoms with Crippen LogP contribution >= 0.6 is 0 Å². The lowest BCUT2D eigenvalue weighted by Crippen LogP contribution is -2.27. The molecule has 0 bridgehead atoms. The molecule has 116 valence electrons. The summed E-state index contributed by atoms with van der Waals surface area (Å²) in [5.74, 6) is -0.396. The van der Waals surface area contributed by atoms with Gasteiger partial charge in [0.25, 0.3) is 0 Å². The Morgan fingerprint density at radius 3 is 2.14 bits per heavy atom. The molecule has 0 aromatic heterocycles. The number of rotatable bonds is 5. The van der Waals surface area contributed by atoms with E-state index in [0.717, 1.165) is 11.1 Å². The Labute approximate surface area is 131 Å². The third-order valence-corrected chi connectivity index (χ3v) is 3.47. The molecule has 0 radical (unpaired) electrons. The lowest BCUT2D eigenvalue weighted by molar-refractivity contribution is -0.152.